The Morgan fingerprint density at radius 1 is 1.35 bits per heavy atom. The molecule has 1 atom stereocenters. The van der Waals surface area contributed by atoms with Crippen LogP contribution >= 0.6 is 0 Å². The highest BCUT2D eigenvalue weighted by Gasteiger charge is 2.32. The third-order valence-electron chi connectivity index (χ3n) is 3.24. The van der Waals surface area contributed by atoms with Crippen molar-refractivity contribution >= 4 is 21.6 Å². The van der Waals surface area contributed by atoms with Gasteiger partial charge in [0.25, 0.3) is 0 Å². The van der Waals surface area contributed by atoms with Crippen molar-refractivity contribution in [1.29, 1.82) is 0 Å². The van der Waals surface area contributed by atoms with Crippen molar-refractivity contribution in [3.8, 4) is 5.75 Å². The van der Waals surface area contributed by atoms with Gasteiger partial charge in [-0.05, 0) is 31.2 Å². The summed E-state index contributed by atoms with van der Waals surface area (Å²) < 4.78 is 30.7. The number of hydrogen-bond donors (Lipinski definition) is 1. The van der Waals surface area contributed by atoms with Crippen LogP contribution in [0.15, 0.2) is 24.3 Å². The fraction of sp³-hybridized carbons (Fsp3) is 0.462. The first-order valence-corrected chi connectivity index (χ1v) is 8.05. The molecule has 1 aromatic rings. The predicted molar refractivity (Wildman–Crippen MR) is 76.3 cm³/mol. The van der Waals surface area contributed by atoms with Gasteiger partial charge in [0.15, 0.2) is 0 Å². The Hall–Kier alpha value is -1.60. The minimum absolute atomic E-state index is 0.0141. The van der Waals surface area contributed by atoms with Crippen molar-refractivity contribution < 1.29 is 17.9 Å². The first kappa shape index (κ1) is 14.8. The maximum absolute atomic E-state index is 12.0. The monoisotopic (exact) mass is 298 g/mol. The number of methoxy groups -OCH3 is 1. The lowest BCUT2D eigenvalue weighted by Crippen LogP contribution is -2.37. The van der Waals surface area contributed by atoms with Gasteiger partial charge in [-0.1, -0.05) is 0 Å². The standard InChI is InChI=1S/C13H18N2O4S/c1-3-20(17,18)14-10-8-13(16)15(9-10)11-4-6-12(19-2)7-5-11/h4-7,10,14H,3,8-9H2,1-2H3/t10-/m1/s1. The van der Waals surface area contributed by atoms with E-state index in [1.807, 2.05) is 0 Å². The first-order chi connectivity index (χ1) is 9.45. The smallest absolute Gasteiger partial charge is 0.228 e. The molecule has 0 radical (unpaired) electrons. The molecule has 1 aliphatic heterocycles. The van der Waals surface area contributed by atoms with Crippen molar-refractivity contribution in [2.75, 3.05) is 24.3 Å². The van der Waals surface area contributed by atoms with Crippen molar-refractivity contribution in [3.63, 3.8) is 0 Å². The SMILES string of the molecule is CCS(=O)(=O)N[C@@H]1CC(=O)N(c2ccc(OC)cc2)C1. The van der Waals surface area contributed by atoms with Crippen LogP contribution in [0, 0.1) is 0 Å². The predicted octanol–water partition coefficient (Wildman–Crippen LogP) is 0.740. The van der Waals surface area contributed by atoms with Gasteiger partial charge in [-0.15, -0.1) is 0 Å². The van der Waals surface area contributed by atoms with E-state index in [2.05, 4.69) is 4.72 Å². The van der Waals surface area contributed by atoms with E-state index in [0.717, 1.165) is 5.69 Å². The molecule has 0 aliphatic carbocycles. The molecule has 1 fully saturated rings. The Labute approximate surface area is 118 Å². The van der Waals surface area contributed by atoms with Crippen LogP contribution < -0.4 is 14.4 Å². The van der Waals surface area contributed by atoms with Gasteiger partial charge in [0, 0.05) is 24.7 Å². The average Bonchev–Trinajstić information content (AvgIpc) is 2.79. The Bertz CT molecular complexity index is 583. The summed E-state index contributed by atoms with van der Waals surface area (Å²) in [6.45, 7) is 1.92. The lowest BCUT2D eigenvalue weighted by Gasteiger charge is -2.17. The van der Waals surface area contributed by atoms with Gasteiger partial charge in [-0.3, -0.25) is 4.79 Å². The zero-order valence-corrected chi connectivity index (χ0v) is 12.3. The van der Waals surface area contributed by atoms with Crippen LogP contribution in [-0.2, 0) is 14.8 Å². The number of carbonyl (C=O) groups excluding carboxylic acids is 1. The molecule has 1 aromatic carbocycles. The highest BCUT2D eigenvalue weighted by molar-refractivity contribution is 7.89. The second-order valence-electron chi connectivity index (χ2n) is 4.62. The van der Waals surface area contributed by atoms with Gasteiger partial charge in [0.1, 0.15) is 5.75 Å². The Kier molecular flexibility index (Phi) is 4.29. The summed E-state index contributed by atoms with van der Waals surface area (Å²) in [6.07, 6.45) is 0.186. The molecule has 0 unspecified atom stereocenters. The summed E-state index contributed by atoms with van der Waals surface area (Å²) in [5.74, 6) is 0.642. The molecule has 0 spiro atoms. The maximum Gasteiger partial charge on any atom is 0.228 e. The molecule has 1 N–H and O–H groups in total. The normalized spacial score (nSPS) is 19.4. The molecular weight excluding hydrogens is 280 g/mol. The van der Waals surface area contributed by atoms with Gasteiger partial charge < -0.3 is 9.64 Å². The summed E-state index contributed by atoms with van der Waals surface area (Å²) in [7, 11) is -1.72. The van der Waals surface area contributed by atoms with Crippen molar-refractivity contribution in [1.82, 2.24) is 4.72 Å². The van der Waals surface area contributed by atoms with E-state index in [1.54, 1.807) is 43.2 Å². The number of nitrogens with zero attached hydrogens (tertiary/aromatic N) is 1. The van der Waals surface area contributed by atoms with E-state index >= 15 is 0 Å². The van der Waals surface area contributed by atoms with Crippen LogP contribution in [0.1, 0.15) is 13.3 Å². The minimum Gasteiger partial charge on any atom is -0.497 e. The number of amides is 1. The molecule has 0 bridgehead atoms. The van der Waals surface area contributed by atoms with Gasteiger partial charge in [-0.2, -0.15) is 0 Å². The number of anilines is 1. The molecule has 1 aliphatic rings. The molecule has 0 saturated carbocycles. The first-order valence-electron chi connectivity index (χ1n) is 6.39. The van der Waals surface area contributed by atoms with E-state index in [1.165, 1.54) is 0 Å². The number of nitrogens with one attached hydrogen (secondary N) is 1. The average molecular weight is 298 g/mol. The molecule has 20 heavy (non-hydrogen) atoms. The third-order valence-corrected chi connectivity index (χ3v) is 4.69. The Morgan fingerprint density at radius 3 is 2.55 bits per heavy atom. The van der Waals surface area contributed by atoms with Crippen LogP contribution in [0.5, 0.6) is 5.75 Å². The van der Waals surface area contributed by atoms with Crippen LogP contribution in [-0.4, -0.2) is 39.8 Å². The number of hydrogen-bond acceptors (Lipinski definition) is 4. The molecule has 1 amide bonds. The second kappa shape index (κ2) is 5.80. The number of carbonyl (C=O) groups is 1. The lowest BCUT2D eigenvalue weighted by atomic mass is 10.3. The Balaban J connectivity index is 2.09. The van der Waals surface area contributed by atoms with Crippen molar-refractivity contribution in [3.05, 3.63) is 24.3 Å². The minimum atomic E-state index is -3.29. The largest absolute Gasteiger partial charge is 0.497 e. The number of benzene rings is 1. The number of ether oxygens (including phenoxy) is 1. The molecule has 1 saturated heterocycles. The van der Waals surface area contributed by atoms with Crippen LogP contribution in [0.25, 0.3) is 0 Å². The topological polar surface area (TPSA) is 75.7 Å². The fourth-order valence-electron chi connectivity index (χ4n) is 2.14. The van der Waals surface area contributed by atoms with E-state index < -0.39 is 10.0 Å². The highest BCUT2D eigenvalue weighted by atomic mass is 32.2. The molecule has 2 rings (SSSR count). The third kappa shape index (κ3) is 3.29. The fourth-order valence-corrected chi connectivity index (χ4v) is 2.97. The lowest BCUT2D eigenvalue weighted by molar-refractivity contribution is -0.117. The summed E-state index contributed by atoms with van der Waals surface area (Å²) in [4.78, 5) is 13.6. The summed E-state index contributed by atoms with van der Waals surface area (Å²) in [5.41, 5.74) is 0.744. The Morgan fingerprint density at radius 2 is 2.00 bits per heavy atom. The van der Waals surface area contributed by atoms with Crippen LogP contribution in [0.4, 0.5) is 5.69 Å². The van der Waals surface area contributed by atoms with E-state index in [-0.39, 0.29) is 24.1 Å². The van der Waals surface area contributed by atoms with Gasteiger partial charge in [0.05, 0.1) is 12.9 Å². The molecule has 7 heteroatoms. The van der Waals surface area contributed by atoms with Crippen molar-refractivity contribution in [2.24, 2.45) is 0 Å². The van der Waals surface area contributed by atoms with Crippen molar-refractivity contribution in [2.45, 2.75) is 19.4 Å². The summed E-state index contributed by atoms with van der Waals surface area (Å²) in [5, 5.41) is 0. The summed E-state index contributed by atoms with van der Waals surface area (Å²) in [6, 6.07) is 6.74. The number of rotatable bonds is 5. The van der Waals surface area contributed by atoms with E-state index in [0.29, 0.717) is 12.3 Å². The summed E-state index contributed by atoms with van der Waals surface area (Å²) >= 11 is 0. The molecular formula is C13H18N2O4S. The molecule has 0 aromatic heterocycles. The quantitative estimate of drug-likeness (QED) is 0.870. The van der Waals surface area contributed by atoms with Gasteiger partial charge in [-0.25, -0.2) is 13.1 Å². The molecule has 1 heterocycles. The maximum atomic E-state index is 12.0. The van der Waals surface area contributed by atoms with Crippen LogP contribution in [0.2, 0.25) is 0 Å². The number of sulfonamides is 1. The molecule has 6 nitrogen and oxygen atoms in total. The van der Waals surface area contributed by atoms with Gasteiger partial charge >= 0.3 is 0 Å². The zero-order chi connectivity index (χ0) is 14.8. The second-order valence-corrected chi connectivity index (χ2v) is 6.67. The zero-order valence-electron chi connectivity index (χ0n) is 11.5. The van der Waals surface area contributed by atoms with Crippen LogP contribution in [0.3, 0.4) is 0 Å². The highest BCUT2D eigenvalue weighted by Crippen LogP contribution is 2.24. The van der Waals surface area contributed by atoms with E-state index in [4.69, 9.17) is 4.74 Å². The van der Waals surface area contributed by atoms with E-state index in [9.17, 15) is 13.2 Å². The molecule has 110 valence electrons. The van der Waals surface area contributed by atoms with Gasteiger partial charge in [0.2, 0.25) is 15.9 Å².